The number of hydrogen-bond donors (Lipinski definition) is 0. The van der Waals surface area contributed by atoms with E-state index in [0.29, 0.717) is 0 Å². The average molecular weight is 337 g/mol. The van der Waals surface area contributed by atoms with Gasteiger partial charge in [0.05, 0.1) is 10.0 Å². The Balaban J connectivity index is 2.04. The van der Waals surface area contributed by atoms with Crippen LogP contribution in [-0.4, -0.2) is 11.8 Å². The highest BCUT2D eigenvalue weighted by Crippen LogP contribution is 2.32. The molecule has 0 fully saturated rings. The monoisotopic (exact) mass is 336 g/mol. The molecule has 0 aliphatic rings. The minimum Gasteiger partial charge on any atom is -0.423 e. The van der Waals surface area contributed by atoms with Crippen molar-refractivity contribution >= 4 is 35.0 Å². The summed E-state index contributed by atoms with van der Waals surface area (Å²) in [7, 11) is 0. The standard InChI is InChI=1S/C17H14Cl2O3/c1-11(15(20)10-12-6-3-2-4-7-12)17(21)22-16-13(18)8-5-9-14(16)19/h2-9,11H,10H2,1H3. The Morgan fingerprint density at radius 1 is 1.00 bits per heavy atom. The first-order valence-corrected chi connectivity index (χ1v) is 7.47. The van der Waals surface area contributed by atoms with E-state index in [-0.39, 0.29) is 28.0 Å². The van der Waals surface area contributed by atoms with Gasteiger partial charge in [0.15, 0.2) is 11.5 Å². The number of esters is 1. The van der Waals surface area contributed by atoms with Crippen LogP contribution in [0.1, 0.15) is 12.5 Å². The summed E-state index contributed by atoms with van der Waals surface area (Å²) in [5.41, 5.74) is 0.850. The van der Waals surface area contributed by atoms with Gasteiger partial charge in [-0.2, -0.15) is 0 Å². The molecule has 0 spiro atoms. The number of hydrogen-bond acceptors (Lipinski definition) is 3. The molecule has 22 heavy (non-hydrogen) atoms. The molecule has 0 bridgehead atoms. The molecule has 0 N–H and O–H groups in total. The highest BCUT2D eigenvalue weighted by atomic mass is 35.5. The van der Waals surface area contributed by atoms with E-state index in [9.17, 15) is 9.59 Å². The van der Waals surface area contributed by atoms with Crippen molar-refractivity contribution in [2.45, 2.75) is 13.3 Å². The Kier molecular flexibility index (Phi) is 5.58. The molecule has 1 atom stereocenters. The largest absolute Gasteiger partial charge is 0.423 e. The summed E-state index contributed by atoms with van der Waals surface area (Å²) in [6.07, 6.45) is 0.174. The van der Waals surface area contributed by atoms with E-state index < -0.39 is 11.9 Å². The fourth-order valence-corrected chi connectivity index (χ4v) is 2.33. The van der Waals surface area contributed by atoms with Crippen molar-refractivity contribution < 1.29 is 14.3 Å². The molecule has 0 radical (unpaired) electrons. The van der Waals surface area contributed by atoms with E-state index in [1.165, 1.54) is 6.92 Å². The summed E-state index contributed by atoms with van der Waals surface area (Å²) in [6.45, 7) is 1.51. The maximum atomic E-state index is 12.1. The number of carbonyl (C=O) groups excluding carboxylic acids is 2. The van der Waals surface area contributed by atoms with E-state index in [2.05, 4.69) is 0 Å². The number of ketones is 1. The molecule has 1 unspecified atom stereocenters. The van der Waals surface area contributed by atoms with Crippen molar-refractivity contribution in [2.24, 2.45) is 5.92 Å². The van der Waals surface area contributed by atoms with Gasteiger partial charge in [-0.05, 0) is 24.6 Å². The molecular weight excluding hydrogens is 323 g/mol. The molecule has 5 heteroatoms. The lowest BCUT2D eigenvalue weighted by molar-refractivity contribution is -0.143. The van der Waals surface area contributed by atoms with Crippen molar-refractivity contribution in [1.29, 1.82) is 0 Å². The molecule has 2 rings (SSSR count). The van der Waals surface area contributed by atoms with Gasteiger partial charge in [0, 0.05) is 6.42 Å². The molecule has 3 nitrogen and oxygen atoms in total. The summed E-state index contributed by atoms with van der Waals surface area (Å²) >= 11 is 11.9. The van der Waals surface area contributed by atoms with Crippen LogP contribution in [-0.2, 0) is 16.0 Å². The van der Waals surface area contributed by atoms with Gasteiger partial charge in [0.2, 0.25) is 0 Å². The maximum absolute atomic E-state index is 12.1. The SMILES string of the molecule is CC(C(=O)Cc1ccccc1)C(=O)Oc1c(Cl)cccc1Cl. The third-order valence-electron chi connectivity index (χ3n) is 3.18. The molecule has 0 aromatic heterocycles. The van der Waals surface area contributed by atoms with Crippen molar-refractivity contribution in [2.75, 3.05) is 0 Å². The first-order chi connectivity index (χ1) is 10.5. The number of rotatable bonds is 5. The van der Waals surface area contributed by atoms with Gasteiger partial charge in [-0.3, -0.25) is 9.59 Å². The molecule has 0 saturated carbocycles. The maximum Gasteiger partial charge on any atom is 0.321 e. The molecular formula is C17H14Cl2O3. The molecule has 2 aromatic carbocycles. The van der Waals surface area contributed by atoms with E-state index in [0.717, 1.165) is 5.56 Å². The lowest BCUT2D eigenvalue weighted by atomic mass is 10.00. The van der Waals surface area contributed by atoms with Crippen LogP contribution in [0.4, 0.5) is 0 Å². The Hall–Kier alpha value is -1.84. The molecule has 0 aliphatic carbocycles. The zero-order valence-electron chi connectivity index (χ0n) is 11.9. The second kappa shape index (κ2) is 7.43. The van der Waals surface area contributed by atoms with Gasteiger partial charge in [0.25, 0.3) is 0 Å². The van der Waals surface area contributed by atoms with Crippen molar-refractivity contribution in [1.82, 2.24) is 0 Å². The summed E-state index contributed by atoms with van der Waals surface area (Å²) < 4.78 is 5.17. The third-order valence-corrected chi connectivity index (χ3v) is 3.77. The van der Waals surface area contributed by atoms with Crippen molar-refractivity contribution in [3.05, 3.63) is 64.1 Å². The fourth-order valence-electron chi connectivity index (χ4n) is 1.85. The minimum absolute atomic E-state index is 0.0789. The average Bonchev–Trinajstić information content (AvgIpc) is 2.51. The van der Waals surface area contributed by atoms with Gasteiger partial charge in [-0.25, -0.2) is 0 Å². The van der Waals surface area contributed by atoms with Crippen LogP contribution >= 0.6 is 23.2 Å². The Morgan fingerprint density at radius 2 is 1.59 bits per heavy atom. The van der Waals surface area contributed by atoms with Gasteiger partial charge < -0.3 is 4.74 Å². The second-order valence-electron chi connectivity index (χ2n) is 4.82. The first kappa shape index (κ1) is 16.5. The lowest BCUT2D eigenvalue weighted by Gasteiger charge is -2.12. The normalized spacial score (nSPS) is 11.8. The van der Waals surface area contributed by atoms with Crippen LogP contribution in [0.2, 0.25) is 10.0 Å². The van der Waals surface area contributed by atoms with E-state index in [1.807, 2.05) is 30.3 Å². The summed E-state index contributed by atoms with van der Waals surface area (Å²) in [4.78, 5) is 24.2. The van der Waals surface area contributed by atoms with Crippen LogP contribution in [0.3, 0.4) is 0 Å². The highest BCUT2D eigenvalue weighted by Gasteiger charge is 2.25. The summed E-state index contributed by atoms with van der Waals surface area (Å²) in [6, 6.07) is 14.0. The van der Waals surface area contributed by atoms with Crippen molar-refractivity contribution in [3.8, 4) is 5.75 Å². The predicted octanol–water partition coefficient (Wildman–Crippen LogP) is 4.35. The topological polar surface area (TPSA) is 43.4 Å². The van der Waals surface area contributed by atoms with Crippen LogP contribution in [0.15, 0.2) is 48.5 Å². The number of Topliss-reactive ketones (excluding diaryl/α,β-unsaturated/α-hetero) is 1. The number of carbonyl (C=O) groups is 2. The Bertz CT molecular complexity index is 663. The Morgan fingerprint density at radius 3 is 2.18 bits per heavy atom. The molecule has 0 saturated heterocycles. The molecule has 0 amide bonds. The van der Waals surface area contributed by atoms with Crippen LogP contribution in [0.25, 0.3) is 0 Å². The van der Waals surface area contributed by atoms with Gasteiger partial charge in [-0.15, -0.1) is 0 Å². The highest BCUT2D eigenvalue weighted by molar-refractivity contribution is 6.37. The lowest BCUT2D eigenvalue weighted by Crippen LogP contribution is -2.27. The third kappa shape index (κ3) is 4.09. The first-order valence-electron chi connectivity index (χ1n) is 6.71. The van der Waals surface area contributed by atoms with Gasteiger partial charge in [-0.1, -0.05) is 59.6 Å². The quantitative estimate of drug-likeness (QED) is 0.463. The molecule has 0 aliphatic heterocycles. The van der Waals surface area contributed by atoms with Crippen LogP contribution in [0, 0.1) is 5.92 Å². The van der Waals surface area contributed by atoms with E-state index in [4.69, 9.17) is 27.9 Å². The fraction of sp³-hybridized carbons (Fsp3) is 0.176. The number of para-hydroxylation sites is 1. The summed E-state index contributed by atoms with van der Waals surface area (Å²) in [5.74, 6) is -1.71. The molecule has 2 aromatic rings. The second-order valence-corrected chi connectivity index (χ2v) is 5.64. The van der Waals surface area contributed by atoms with Gasteiger partial charge in [0.1, 0.15) is 5.92 Å². The molecule has 0 heterocycles. The minimum atomic E-state index is -0.896. The van der Waals surface area contributed by atoms with Gasteiger partial charge >= 0.3 is 5.97 Å². The predicted molar refractivity (Wildman–Crippen MR) is 86.4 cm³/mol. The molecule has 114 valence electrons. The summed E-state index contributed by atoms with van der Waals surface area (Å²) in [5, 5.41) is 0.451. The van der Waals surface area contributed by atoms with E-state index in [1.54, 1.807) is 18.2 Å². The zero-order valence-corrected chi connectivity index (χ0v) is 13.4. The van der Waals surface area contributed by atoms with E-state index >= 15 is 0 Å². The van der Waals surface area contributed by atoms with Crippen molar-refractivity contribution in [3.63, 3.8) is 0 Å². The smallest absolute Gasteiger partial charge is 0.321 e. The van der Waals surface area contributed by atoms with Crippen LogP contribution < -0.4 is 4.74 Å². The number of halogens is 2. The Labute approximate surface area is 138 Å². The number of ether oxygens (including phenoxy) is 1. The van der Waals surface area contributed by atoms with Crippen LogP contribution in [0.5, 0.6) is 5.75 Å². The number of benzene rings is 2. The zero-order chi connectivity index (χ0) is 16.1.